The van der Waals surface area contributed by atoms with Crippen LogP contribution in [-0.2, 0) is 0 Å². The van der Waals surface area contributed by atoms with E-state index in [-0.39, 0.29) is 17.7 Å². The number of hydrogen-bond donors (Lipinski definition) is 4. The average Bonchev–Trinajstić information content (AvgIpc) is 3.35. The minimum atomic E-state index is -4.38. The molecule has 0 bridgehead atoms. The normalized spacial score (nSPS) is 11.5. The van der Waals surface area contributed by atoms with Crippen LogP contribution in [0.15, 0.2) is 36.5 Å². The van der Waals surface area contributed by atoms with Crippen LogP contribution in [0, 0.1) is 6.92 Å². The van der Waals surface area contributed by atoms with Crippen molar-refractivity contribution in [2.75, 3.05) is 22.5 Å². The molecular formula is C18H15F3N8OS. The maximum absolute atomic E-state index is 12.6. The summed E-state index contributed by atoms with van der Waals surface area (Å²) in [5.74, 6) is -0.194. The van der Waals surface area contributed by atoms with Gasteiger partial charge in [-0.1, -0.05) is 11.3 Å². The first-order chi connectivity index (χ1) is 14.8. The monoisotopic (exact) mass is 448 g/mol. The van der Waals surface area contributed by atoms with Crippen molar-refractivity contribution in [1.82, 2.24) is 25.1 Å². The molecule has 0 spiro atoms. The number of amides is 1. The van der Waals surface area contributed by atoms with Gasteiger partial charge in [-0.15, -0.1) is 10.2 Å². The molecule has 0 saturated carbocycles. The fourth-order valence-electron chi connectivity index (χ4n) is 2.67. The van der Waals surface area contributed by atoms with Crippen molar-refractivity contribution in [2.45, 2.75) is 13.1 Å². The summed E-state index contributed by atoms with van der Waals surface area (Å²) in [6.45, 7) is 0.562. The van der Waals surface area contributed by atoms with Gasteiger partial charge in [-0.3, -0.25) is 10.1 Å². The van der Waals surface area contributed by atoms with Gasteiger partial charge < -0.3 is 15.6 Å². The predicted molar refractivity (Wildman–Crippen MR) is 111 cm³/mol. The third-order valence-corrected chi connectivity index (χ3v) is 4.78. The van der Waals surface area contributed by atoms with Crippen LogP contribution in [0.5, 0.6) is 0 Å². The van der Waals surface area contributed by atoms with Gasteiger partial charge in [-0.05, 0) is 37.3 Å². The Hall–Kier alpha value is -3.74. The molecule has 1 aromatic carbocycles. The van der Waals surface area contributed by atoms with E-state index in [4.69, 9.17) is 0 Å². The minimum Gasteiger partial charge on any atom is -0.360 e. The lowest BCUT2D eigenvalue weighted by Gasteiger charge is -2.12. The minimum absolute atomic E-state index is 0.0504. The number of hydrogen-bond acceptors (Lipinski definition) is 8. The Bertz CT molecular complexity index is 1220. The molecule has 0 radical (unpaired) electrons. The lowest BCUT2D eigenvalue weighted by molar-refractivity contribution is -0.115. The maximum atomic E-state index is 12.6. The molecule has 9 nitrogen and oxygen atoms in total. The molecule has 0 saturated heterocycles. The molecule has 4 N–H and O–H groups in total. The molecule has 13 heteroatoms. The Labute approximate surface area is 177 Å². The molecule has 0 aliphatic carbocycles. The lowest BCUT2D eigenvalue weighted by atomic mass is 10.2. The van der Waals surface area contributed by atoms with Crippen LogP contribution in [0.1, 0.15) is 15.4 Å². The molecule has 4 aromatic rings. The lowest BCUT2D eigenvalue weighted by Crippen LogP contribution is -2.22. The van der Waals surface area contributed by atoms with Crippen LogP contribution in [-0.4, -0.2) is 43.8 Å². The van der Waals surface area contributed by atoms with Crippen molar-refractivity contribution < 1.29 is 18.0 Å². The zero-order valence-corrected chi connectivity index (χ0v) is 16.7. The highest BCUT2D eigenvalue weighted by Gasteiger charge is 2.27. The number of nitrogens with zero attached hydrogens (tertiary/aromatic N) is 4. The SMILES string of the molecule is Cc1nnc(NC(=O)c2ccc(Nc3nc(NCC(F)(F)F)c4cc[nH]c4n3)cc2)s1. The number of alkyl halides is 3. The summed E-state index contributed by atoms with van der Waals surface area (Å²) in [6, 6.07) is 8.02. The van der Waals surface area contributed by atoms with E-state index in [2.05, 4.69) is 41.1 Å². The van der Waals surface area contributed by atoms with Gasteiger partial charge in [0, 0.05) is 17.4 Å². The Morgan fingerprint density at radius 3 is 2.58 bits per heavy atom. The van der Waals surface area contributed by atoms with Crippen molar-refractivity contribution in [3.63, 3.8) is 0 Å². The topological polar surface area (TPSA) is 121 Å². The highest BCUT2D eigenvalue weighted by Crippen LogP contribution is 2.25. The first-order valence-electron chi connectivity index (χ1n) is 8.91. The summed E-state index contributed by atoms with van der Waals surface area (Å²) < 4.78 is 37.8. The number of H-pyrrole nitrogens is 1. The number of carbonyl (C=O) groups excluding carboxylic acids is 1. The highest BCUT2D eigenvalue weighted by atomic mass is 32.1. The summed E-state index contributed by atoms with van der Waals surface area (Å²) in [4.78, 5) is 23.5. The molecule has 3 aromatic heterocycles. The zero-order chi connectivity index (χ0) is 22.0. The van der Waals surface area contributed by atoms with Crippen LogP contribution in [0.25, 0.3) is 11.0 Å². The summed E-state index contributed by atoms with van der Waals surface area (Å²) in [6.07, 6.45) is -2.82. The van der Waals surface area contributed by atoms with Crippen LogP contribution >= 0.6 is 11.3 Å². The third kappa shape index (κ3) is 5.06. The number of rotatable bonds is 6. The van der Waals surface area contributed by atoms with Crippen molar-refractivity contribution in [3.05, 3.63) is 47.1 Å². The molecule has 160 valence electrons. The molecule has 0 unspecified atom stereocenters. The van der Waals surface area contributed by atoms with Gasteiger partial charge in [0.1, 0.15) is 23.0 Å². The Morgan fingerprint density at radius 1 is 1.13 bits per heavy atom. The maximum Gasteiger partial charge on any atom is 0.405 e. The van der Waals surface area contributed by atoms with Gasteiger partial charge in [-0.25, -0.2) is 0 Å². The third-order valence-electron chi connectivity index (χ3n) is 4.02. The smallest absolute Gasteiger partial charge is 0.360 e. The Morgan fingerprint density at radius 2 is 1.90 bits per heavy atom. The molecular weight excluding hydrogens is 433 g/mol. The van der Waals surface area contributed by atoms with E-state index in [1.165, 1.54) is 11.3 Å². The fraction of sp³-hybridized carbons (Fsp3) is 0.167. The van der Waals surface area contributed by atoms with Gasteiger partial charge >= 0.3 is 6.18 Å². The standard InChI is InChI=1S/C18H15F3N8OS/c1-9-28-29-17(31-9)27-15(30)10-2-4-11(5-3-10)24-16-25-13-12(6-7-22-13)14(26-16)23-8-18(19,20)21/h2-7H,8H2,1H3,(H,27,29,30)(H3,22,23,24,25,26). The fourth-order valence-corrected chi connectivity index (χ4v) is 3.25. The quantitative estimate of drug-likeness (QED) is 0.351. The van der Waals surface area contributed by atoms with Crippen LogP contribution in [0.2, 0.25) is 0 Å². The van der Waals surface area contributed by atoms with Crippen LogP contribution in [0.4, 0.5) is 35.8 Å². The number of aromatic nitrogens is 5. The van der Waals surface area contributed by atoms with E-state index < -0.39 is 12.7 Å². The summed E-state index contributed by atoms with van der Waals surface area (Å²) in [5, 5.41) is 17.1. The largest absolute Gasteiger partial charge is 0.405 e. The number of anilines is 4. The zero-order valence-electron chi connectivity index (χ0n) is 15.9. The van der Waals surface area contributed by atoms with E-state index >= 15 is 0 Å². The van der Waals surface area contributed by atoms with Gasteiger partial charge in [0.25, 0.3) is 5.91 Å². The number of aryl methyl sites for hydroxylation is 1. The second kappa shape index (κ2) is 8.18. The summed E-state index contributed by atoms with van der Waals surface area (Å²) in [7, 11) is 0. The molecule has 1 amide bonds. The highest BCUT2D eigenvalue weighted by molar-refractivity contribution is 7.15. The molecule has 31 heavy (non-hydrogen) atoms. The first-order valence-corrected chi connectivity index (χ1v) is 9.73. The van der Waals surface area contributed by atoms with E-state index in [1.54, 1.807) is 43.5 Å². The number of nitrogens with one attached hydrogen (secondary N) is 4. The second-order valence-electron chi connectivity index (χ2n) is 6.39. The van der Waals surface area contributed by atoms with E-state index in [0.717, 1.165) is 5.01 Å². The second-order valence-corrected chi connectivity index (χ2v) is 7.57. The molecule has 0 atom stereocenters. The van der Waals surface area contributed by atoms with Crippen molar-refractivity contribution in [1.29, 1.82) is 0 Å². The molecule has 0 fully saturated rings. The van der Waals surface area contributed by atoms with Gasteiger partial charge in [-0.2, -0.15) is 23.1 Å². The van der Waals surface area contributed by atoms with Crippen LogP contribution < -0.4 is 16.0 Å². The number of carbonyl (C=O) groups is 1. The molecule has 3 heterocycles. The number of benzene rings is 1. The first kappa shape index (κ1) is 20.5. The van der Waals surface area contributed by atoms with E-state index in [9.17, 15) is 18.0 Å². The number of fused-ring (bicyclic) bond motifs is 1. The van der Waals surface area contributed by atoms with Gasteiger partial charge in [0.15, 0.2) is 0 Å². The van der Waals surface area contributed by atoms with Gasteiger partial charge in [0.2, 0.25) is 11.1 Å². The van der Waals surface area contributed by atoms with E-state index in [1.807, 2.05) is 0 Å². The van der Waals surface area contributed by atoms with E-state index in [0.29, 0.717) is 27.4 Å². The number of aromatic amines is 1. The van der Waals surface area contributed by atoms with Crippen LogP contribution in [0.3, 0.4) is 0 Å². The average molecular weight is 448 g/mol. The van der Waals surface area contributed by atoms with Crippen molar-refractivity contribution >= 4 is 50.9 Å². The molecule has 4 rings (SSSR count). The number of halogens is 3. The van der Waals surface area contributed by atoms with Crippen molar-refractivity contribution in [3.8, 4) is 0 Å². The summed E-state index contributed by atoms with van der Waals surface area (Å²) in [5.41, 5.74) is 1.33. The molecule has 0 aliphatic heterocycles. The molecule has 0 aliphatic rings. The Balaban J connectivity index is 1.49. The predicted octanol–water partition coefficient (Wildman–Crippen LogP) is 4.09. The Kier molecular flexibility index (Phi) is 5.42. The van der Waals surface area contributed by atoms with Crippen molar-refractivity contribution in [2.24, 2.45) is 0 Å². The summed E-state index contributed by atoms with van der Waals surface area (Å²) >= 11 is 1.26. The van der Waals surface area contributed by atoms with Gasteiger partial charge in [0.05, 0.1) is 5.39 Å².